The van der Waals surface area contributed by atoms with Crippen LogP contribution in [0.15, 0.2) is 48.8 Å². The molecule has 0 bridgehead atoms. The first-order chi connectivity index (χ1) is 11.8. The minimum Gasteiger partial charge on any atom is -0.486 e. The zero-order valence-electron chi connectivity index (χ0n) is 13.2. The van der Waals surface area contributed by atoms with Gasteiger partial charge >= 0.3 is 0 Å². The Hall–Kier alpha value is -2.86. The molecule has 2 aromatic carbocycles. The van der Waals surface area contributed by atoms with Crippen LogP contribution >= 0.6 is 0 Å². The van der Waals surface area contributed by atoms with E-state index in [0.717, 1.165) is 22.4 Å². The second kappa shape index (κ2) is 6.33. The molecular formula is C18H17N3O3. The molecule has 2 heterocycles. The molecule has 0 radical (unpaired) electrons. The maximum Gasteiger partial charge on any atom is 0.163 e. The fourth-order valence-corrected chi connectivity index (χ4v) is 2.69. The maximum absolute atomic E-state index is 5.95. The highest BCUT2D eigenvalue weighted by molar-refractivity contribution is 5.93. The van der Waals surface area contributed by atoms with E-state index in [4.69, 9.17) is 14.2 Å². The zero-order valence-corrected chi connectivity index (χ0v) is 13.2. The number of benzene rings is 2. The van der Waals surface area contributed by atoms with E-state index in [9.17, 15) is 0 Å². The number of fused-ring (bicyclic) bond motifs is 2. The smallest absolute Gasteiger partial charge is 0.163 e. The third-order valence-corrected chi connectivity index (χ3v) is 3.81. The molecule has 3 aromatic rings. The second-order valence-corrected chi connectivity index (χ2v) is 5.54. The Balaban J connectivity index is 1.72. The Bertz CT molecular complexity index is 855. The zero-order chi connectivity index (χ0) is 16.4. The van der Waals surface area contributed by atoms with Gasteiger partial charge < -0.3 is 19.5 Å². The number of ether oxygens (including phenoxy) is 3. The summed E-state index contributed by atoms with van der Waals surface area (Å²) in [5.41, 5.74) is 1.76. The summed E-state index contributed by atoms with van der Waals surface area (Å²) in [5, 5.41) is 4.19. The fraction of sp³-hybridized carbons (Fsp3) is 0.222. The quantitative estimate of drug-likeness (QED) is 0.795. The molecule has 0 fully saturated rings. The third-order valence-electron chi connectivity index (χ3n) is 3.81. The van der Waals surface area contributed by atoms with Gasteiger partial charge in [0.15, 0.2) is 17.6 Å². The van der Waals surface area contributed by atoms with E-state index in [-0.39, 0.29) is 6.10 Å². The van der Waals surface area contributed by atoms with E-state index in [1.165, 1.54) is 6.33 Å². The molecule has 6 heteroatoms. The van der Waals surface area contributed by atoms with Crippen LogP contribution in [0.4, 0.5) is 11.5 Å². The van der Waals surface area contributed by atoms with E-state index in [1.807, 2.05) is 42.5 Å². The number of rotatable bonds is 4. The average Bonchev–Trinajstić information content (AvgIpc) is 2.62. The molecule has 0 saturated carbocycles. The number of aromatic nitrogens is 2. The molecule has 1 aliphatic rings. The van der Waals surface area contributed by atoms with Crippen LogP contribution in [-0.2, 0) is 4.74 Å². The van der Waals surface area contributed by atoms with Gasteiger partial charge in [0.1, 0.15) is 18.8 Å². The highest BCUT2D eigenvalue weighted by Crippen LogP contribution is 2.37. The van der Waals surface area contributed by atoms with Gasteiger partial charge in [-0.25, -0.2) is 9.97 Å². The van der Waals surface area contributed by atoms with Crippen molar-refractivity contribution in [2.75, 3.05) is 25.6 Å². The van der Waals surface area contributed by atoms with Crippen LogP contribution in [0.2, 0.25) is 0 Å². The first-order valence-electron chi connectivity index (χ1n) is 7.73. The molecule has 1 aromatic heterocycles. The van der Waals surface area contributed by atoms with Crippen LogP contribution in [-0.4, -0.2) is 36.4 Å². The van der Waals surface area contributed by atoms with Crippen molar-refractivity contribution in [1.82, 2.24) is 9.97 Å². The Morgan fingerprint density at radius 3 is 2.88 bits per heavy atom. The van der Waals surface area contributed by atoms with Crippen LogP contribution in [0.25, 0.3) is 10.9 Å². The molecule has 0 amide bonds. The van der Waals surface area contributed by atoms with Crippen molar-refractivity contribution in [3.8, 4) is 11.5 Å². The molecular weight excluding hydrogens is 306 g/mol. The van der Waals surface area contributed by atoms with Gasteiger partial charge in [-0.1, -0.05) is 18.2 Å². The van der Waals surface area contributed by atoms with Crippen molar-refractivity contribution in [2.45, 2.75) is 6.10 Å². The minimum atomic E-state index is -0.116. The number of nitrogens with one attached hydrogen (secondary N) is 1. The van der Waals surface area contributed by atoms with E-state index in [2.05, 4.69) is 15.3 Å². The summed E-state index contributed by atoms with van der Waals surface area (Å²) in [5.74, 6) is 2.10. The van der Waals surface area contributed by atoms with Crippen molar-refractivity contribution in [2.24, 2.45) is 0 Å². The molecule has 0 saturated heterocycles. The van der Waals surface area contributed by atoms with Gasteiger partial charge in [0.2, 0.25) is 0 Å². The lowest BCUT2D eigenvalue weighted by molar-refractivity contribution is 0.0274. The van der Waals surface area contributed by atoms with Crippen molar-refractivity contribution in [3.63, 3.8) is 0 Å². The average molecular weight is 323 g/mol. The van der Waals surface area contributed by atoms with E-state index < -0.39 is 0 Å². The van der Waals surface area contributed by atoms with Gasteiger partial charge in [0.25, 0.3) is 0 Å². The number of anilines is 2. The standard InChI is InChI=1S/C18H17N3O3/c1-22-9-13-10-23-16-8-15-14(7-17(16)24-13)18(20-11-19-15)21-12-5-3-2-4-6-12/h2-8,11,13H,9-10H2,1H3,(H,19,20,21). The molecule has 4 rings (SSSR count). The van der Waals surface area contributed by atoms with Gasteiger partial charge in [-0.3, -0.25) is 0 Å². The van der Waals surface area contributed by atoms with Crippen molar-refractivity contribution < 1.29 is 14.2 Å². The summed E-state index contributed by atoms with van der Waals surface area (Å²) in [4.78, 5) is 8.70. The Kier molecular flexibility index (Phi) is 3.88. The molecule has 6 nitrogen and oxygen atoms in total. The van der Waals surface area contributed by atoms with E-state index >= 15 is 0 Å². The summed E-state index contributed by atoms with van der Waals surface area (Å²) < 4.78 is 16.9. The SMILES string of the molecule is COCC1COc2cc3ncnc(Nc4ccccc4)c3cc2O1. The topological polar surface area (TPSA) is 65.5 Å². The monoisotopic (exact) mass is 323 g/mol. The molecule has 0 aliphatic carbocycles. The molecule has 1 aliphatic heterocycles. The Morgan fingerprint density at radius 1 is 1.17 bits per heavy atom. The van der Waals surface area contributed by atoms with Gasteiger partial charge in [-0.2, -0.15) is 0 Å². The van der Waals surface area contributed by atoms with Crippen LogP contribution in [0.3, 0.4) is 0 Å². The number of nitrogens with zero attached hydrogens (tertiary/aromatic N) is 2. The lowest BCUT2D eigenvalue weighted by Gasteiger charge is -2.26. The number of hydrogen-bond donors (Lipinski definition) is 1. The normalized spacial score (nSPS) is 16.1. The summed E-state index contributed by atoms with van der Waals surface area (Å²) >= 11 is 0. The summed E-state index contributed by atoms with van der Waals surface area (Å²) in [6.45, 7) is 0.949. The predicted molar refractivity (Wildman–Crippen MR) is 91.0 cm³/mol. The number of para-hydroxylation sites is 1. The van der Waals surface area contributed by atoms with Gasteiger partial charge in [0.05, 0.1) is 12.1 Å². The first-order valence-corrected chi connectivity index (χ1v) is 7.73. The lowest BCUT2D eigenvalue weighted by atomic mass is 10.2. The minimum absolute atomic E-state index is 0.116. The molecule has 1 N–H and O–H groups in total. The van der Waals surface area contributed by atoms with Gasteiger partial charge in [-0.05, 0) is 18.2 Å². The number of methoxy groups -OCH3 is 1. The molecule has 1 atom stereocenters. The molecule has 1 unspecified atom stereocenters. The Morgan fingerprint density at radius 2 is 2.04 bits per heavy atom. The molecule has 122 valence electrons. The summed E-state index contributed by atoms with van der Waals surface area (Å²) in [6, 6.07) is 13.7. The highest BCUT2D eigenvalue weighted by Gasteiger charge is 2.22. The fourth-order valence-electron chi connectivity index (χ4n) is 2.69. The van der Waals surface area contributed by atoms with Crippen LogP contribution in [0.1, 0.15) is 0 Å². The summed E-state index contributed by atoms with van der Waals surface area (Å²) in [6.07, 6.45) is 1.42. The highest BCUT2D eigenvalue weighted by atomic mass is 16.6. The van der Waals surface area contributed by atoms with Gasteiger partial charge in [0, 0.05) is 24.2 Å². The van der Waals surface area contributed by atoms with Crippen molar-refractivity contribution >= 4 is 22.4 Å². The lowest BCUT2D eigenvalue weighted by Crippen LogP contribution is -2.32. The number of hydrogen-bond acceptors (Lipinski definition) is 6. The summed E-state index contributed by atoms with van der Waals surface area (Å²) in [7, 11) is 1.65. The Labute approximate surface area is 139 Å². The van der Waals surface area contributed by atoms with Crippen LogP contribution in [0, 0.1) is 0 Å². The maximum atomic E-state index is 5.95. The predicted octanol–water partition coefficient (Wildman–Crippen LogP) is 3.16. The largest absolute Gasteiger partial charge is 0.486 e. The van der Waals surface area contributed by atoms with Gasteiger partial charge in [-0.15, -0.1) is 0 Å². The van der Waals surface area contributed by atoms with Crippen molar-refractivity contribution in [3.05, 3.63) is 48.8 Å². The second-order valence-electron chi connectivity index (χ2n) is 5.54. The first kappa shape index (κ1) is 14.7. The molecule has 0 spiro atoms. The van der Waals surface area contributed by atoms with Crippen LogP contribution in [0.5, 0.6) is 11.5 Å². The molecule has 24 heavy (non-hydrogen) atoms. The third kappa shape index (κ3) is 2.83. The van der Waals surface area contributed by atoms with E-state index in [0.29, 0.717) is 24.7 Å². The van der Waals surface area contributed by atoms with E-state index in [1.54, 1.807) is 7.11 Å². The van der Waals surface area contributed by atoms with Crippen molar-refractivity contribution in [1.29, 1.82) is 0 Å². The van der Waals surface area contributed by atoms with Crippen LogP contribution < -0.4 is 14.8 Å².